The highest BCUT2D eigenvalue weighted by Gasteiger charge is 2.19. The molecule has 1 heterocycles. The van der Waals surface area contributed by atoms with Gasteiger partial charge in [-0.2, -0.15) is 0 Å². The molecule has 0 radical (unpaired) electrons. The normalized spacial score (nSPS) is 10.8. The number of nitrogens with one attached hydrogen (secondary N) is 2. The summed E-state index contributed by atoms with van der Waals surface area (Å²) in [7, 11) is -2.92. The summed E-state index contributed by atoms with van der Waals surface area (Å²) in [6, 6.07) is 17.3. The molecule has 9 nitrogen and oxygen atoms in total. The van der Waals surface area contributed by atoms with Crippen molar-refractivity contribution >= 4 is 27.8 Å². The third-order valence-corrected chi connectivity index (χ3v) is 5.96. The Morgan fingerprint density at radius 2 is 1.58 bits per heavy atom. The van der Waals surface area contributed by atoms with E-state index in [1.165, 1.54) is 31.4 Å². The molecule has 2 aromatic carbocycles. The van der Waals surface area contributed by atoms with Crippen molar-refractivity contribution in [1.82, 2.24) is 15.0 Å². The van der Waals surface area contributed by atoms with E-state index in [1.807, 2.05) is 10.8 Å². The molecule has 0 aliphatic rings. The predicted molar refractivity (Wildman–Crippen MR) is 119 cm³/mol. The van der Waals surface area contributed by atoms with E-state index >= 15 is 0 Å². The van der Waals surface area contributed by atoms with Gasteiger partial charge in [0.25, 0.3) is 21.8 Å². The smallest absolute Gasteiger partial charge is 0.356 e. The topological polar surface area (TPSA) is 132 Å². The van der Waals surface area contributed by atoms with Crippen LogP contribution in [0, 0.1) is 0 Å². The standard InChI is InChI=1S/C23H21N3O6S/c1-32-23(29)20-12-9-18(15-25-20)22(28)26-33(30,31)19-10-7-16(8-11-19)13-14-24-21(27)17-5-3-2-4-6-17/h2-12,15H,13-14H2,1H3,(H,24,27)(H,26,28). The average Bonchev–Trinajstić information content (AvgIpc) is 2.84. The van der Waals surface area contributed by atoms with Crippen LogP contribution in [-0.4, -0.2) is 44.8 Å². The van der Waals surface area contributed by atoms with Crippen molar-refractivity contribution in [3.05, 3.63) is 95.3 Å². The Balaban J connectivity index is 1.57. The number of ether oxygens (including phenoxy) is 1. The Bertz CT molecular complexity index is 1240. The molecule has 0 saturated carbocycles. The molecule has 2 amide bonds. The van der Waals surface area contributed by atoms with E-state index in [0.717, 1.165) is 11.8 Å². The van der Waals surface area contributed by atoms with Crippen molar-refractivity contribution in [2.45, 2.75) is 11.3 Å². The molecule has 0 spiro atoms. The van der Waals surface area contributed by atoms with Gasteiger partial charge in [-0.1, -0.05) is 30.3 Å². The van der Waals surface area contributed by atoms with Crippen LogP contribution >= 0.6 is 0 Å². The van der Waals surface area contributed by atoms with Crippen molar-refractivity contribution in [2.75, 3.05) is 13.7 Å². The number of hydrogen-bond acceptors (Lipinski definition) is 7. The Kier molecular flexibility index (Phi) is 7.52. The molecule has 0 unspecified atom stereocenters. The molecule has 170 valence electrons. The molecule has 33 heavy (non-hydrogen) atoms. The molecule has 10 heteroatoms. The fourth-order valence-electron chi connectivity index (χ4n) is 2.84. The summed E-state index contributed by atoms with van der Waals surface area (Å²) in [5, 5.41) is 2.80. The van der Waals surface area contributed by atoms with E-state index in [1.54, 1.807) is 36.4 Å². The van der Waals surface area contributed by atoms with Crippen molar-refractivity contribution in [3.8, 4) is 0 Å². The van der Waals surface area contributed by atoms with Gasteiger partial charge in [-0.3, -0.25) is 9.59 Å². The summed E-state index contributed by atoms with van der Waals surface area (Å²) in [5.41, 5.74) is 1.34. The maximum Gasteiger partial charge on any atom is 0.356 e. The number of carbonyl (C=O) groups excluding carboxylic acids is 3. The van der Waals surface area contributed by atoms with Crippen molar-refractivity contribution < 1.29 is 27.5 Å². The van der Waals surface area contributed by atoms with E-state index in [9.17, 15) is 22.8 Å². The molecule has 1 aromatic heterocycles. The fourth-order valence-corrected chi connectivity index (χ4v) is 3.81. The second kappa shape index (κ2) is 10.5. The second-order valence-corrected chi connectivity index (χ2v) is 8.56. The summed E-state index contributed by atoms with van der Waals surface area (Å²) >= 11 is 0. The van der Waals surface area contributed by atoms with Gasteiger partial charge in [-0.25, -0.2) is 22.9 Å². The van der Waals surface area contributed by atoms with Crippen LogP contribution in [0.4, 0.5) is 0 Å². The third-order valence-electron chi connectivity index (χ3n) is 4.62. The first kappa shape index (κ1) is 23.6. The van der Waals surface area contributed by atoms with E-state index in [0.29, 0.717) is 18.5 Å². The van der Waals surface area contributed by atoms with Gasteiger partial charge in [0.2, 0.25) is 0 Å². The van der Waals surface area contributed by atoms with Crippen LogP contribution in [0.1, 0.15) is 36.8 Å². The number of esters is 1. The Morgan fingerprint density at radius 1 is 0.879 bits per heavy atom. The van der Waals surface area contributed by atoms with E-state index in [4.69, 9.17) is 0 Å². The van der Waals surface area contributed by atoms with E-state index in [2.05, 4.69) is 15.0 Å². The number of sulfonamides is 1. The highest BCUT2D eigenvalue weighted by molar-refractivity contribution is 7.90. The largest absolute Gasteiger partial charge is 0.464 e. The van der Waals surface area contributed by atoms with Gasteiger partial charge < -0.3 is 10.1 Å². The number of benzene rings is 2. The average molecular weight is 468 g/mol. The zero-order chi connectivity index (χ0) is 23.8. The summed E-state index contributed by atoms with van der Waals surface area (Å²) in [5.74, 6) is -1.74. The Morgan fingerprint density at radius 3 is 2.18 bits per heavy atom. The minimum atomic E-state index is -4.11. The first-order chi connectivity index (χ1) is 15.8. The molecule has 3 aromatic rings. The second-order valence-electron chi connectivity index (χ2n) is 6.87. The maximum atomic E-state index is 12.5. The lowest BCUT2D eigenvalue weighted by Gasteiger charge is -2.09. The number of aromatic nitrogens is 1. The van der Waals surface area contributed by atoms with Gasteiger partial charge in [0.1, 0.15) is 5.69 Å². The Hall–Kier alpha value is -4.05. The molecule has 2 N–H and O–H groups in total. The molecule has 0 bridgehead atoms. The maximum absolute atomic E-state index is 12.5. The van der Waals surface area contributed by atoms with E-state index in [-0.39, 0.29) is 22.1 Å². The number of rotatable bonds is 8. The summed E-state index contributed by atoms with van der Waals surface area (Å²) in [6.45, 7) is 0.380. The third kappa shape index (κ3) is 6.23. The fraction of sp³-hybridized carbons (Fsp3) is 0.130. The van der Waals surface area contributed by atoms with Gasteiger partial charge in [-0.15, -0.1) is 0 Å². The predicted octanol–water partition coefficient (Wildman–Crippen LogP) is 1.96. The van der Waals surface area contributed by atoms with Gasteiger partial charge >= 0.3 is 5.97 Å². The van der Waals surface area contributed by atoms with Crippen LogP contribution in [0.3, 0.4) is 0 Å². The molecular formula is C23H21N3O6S. The van der Waals surface area contributed by atoms with Gasteiger partial charge in [-0.05, 0) is 48.4 Å². The number of methoxy groups -OCH3 is 1. The van der Waals surface area contributed by atoms with Crippen LogP contribution in [0.5, 0.6) is 0 Å². The SMILES string of the molecule is COC(=O)c1ccc(C(=O)NS(=O)(=O)c2ccc(CCNC(=O)c3ccccc3)cc2)cn1. The highest BCUT2D eigenvalue weighted by Crippen LogP contribution is 2.12. The first-order valence-electron chi connectivity index (χ1n) is 9.84. The van der Waals surface area contributed by atoms with Crippen molar-refractivity contribution in [3.63, 3.8) is 0 Å². The molecule has 0 fully saturated rings. The molecule has 3 rings (SSSR count). The zero-order valence-corrected chi connectivity index (χ0v) is 18.5. The van der Waals surface area contributed by atoms with Crippen molar-refractivity contribution in [2.24, 2.45) is 0 Å². The molecule has 0 aliphatic heterocycles. The lowest BCUT2D eigenvalue weighted by atomic mass is 10.1. The van der Waals surface area contributed by atoms with Crippen LogP contribution in [-0.2, 0) is 21.2 Å². The number of amides is 2. The number of pyridine rings is 1. The van der Waals surface area contributed by atoms with Gasteiger partial charge in [0.05, 0.1) is 17.6 Å². The minimum Gasteiger partial charge on any atom is -0.464 e. The number of carbonyl (C=O) groups is 3. The minimum absolute atomic E-state index is 0.00699. The van der Waals surface area contributed by atoms with Crippen LogP contribution in [0.15, 0.2) is 77.8 Å². The summed E-state index contributed by atoms with van der Waals surface area (Å²) in [4.78, 5) is 39.4. The quantitative estimate of drug-likeness (QED) is 0.484. The summed E-state index contributed by atoms with van der Waals surface area (Å²) < 4.78 is 31.5. The Labute approximate surface area is 190 Å². The van der Waals surface area contributed by atoms with Gasteiger partial charge in [0.15, 0.2) is 0 Å². The molecule has 0 aliphatic carbocycles. The van der Waals surface area contributed by atoms with Crippen LogP contribution in [0.2, 0.25) is 0 Å². The summed E-state index contributed by atoms with van der Waals surface area (Å²) in [6.07, 6.45) is 1.59. The number of nitrogens with zero attached hydrogens (tertiary/aromatic N) is 1. The van der Waals surface area contributed by atoms with Gasteiger partial charge in [0, 0.05) is 18.3 Å². The van der Waals surface area contributed by atoms with Crippen LogP contribution < -0.4 is 10.0 Å². The molecule has 0 saturated heterocycles. The monoisotopic (exact) mass is 467 g/mol. The van der Waals surface area contributed by atoms with Crippen LogP contribution in [0.25, 0.3) is 0 Å². The number of hydrogen-bond donors (Lipinski definition) is 2. The first-order valence-corrected chi connectivity index (χ1v) is 11.3. The molecule has 0 atom stereocenters. The highest BCUT2D eigenvalue weighted by atomic mass is 32.2. The zero-order valence-electron chi connectivity index (χ0n) is 17.6. The lowest BCUT2D eigenvalue weighted by Crippen LogP contribution is -2.30. The van der Waals surface area contributed by atoms with E-state index < -0.39 is 21.9 Å². The molecular weight excluding hydrogens is 446 g/mol. The van der Waals surface area contributed by atoms with Crippen molar-refractivity contribution in [1.29, 1.82) is 0 Å². The lowest BCUT2D eigenvalue weighted by molar-refractivity contribution is 0.0593.